The van der Waals surface area contributed by atoms with Crippen molar-refractivity contribution >= 4 is 27.3 Å². The average molecular weight is 362 g/mol. The summed E-state index contributed by atoms with van der Waals surface area (Å²) in [5.41, 5.74) is 0.00183. The molecule has 6 heteroatoms. The summed E-state index contributed by atoms with van der Waals surface area (Å²) >= 11 is 4.51. The molecular weight excluding hydrogens is 348 g/mol. The molecule has 1 aromatic carbocycles. The Hall–Kier alpha value is -0.980. The highest BCUT2D eigenvalue weighted by Gasteiger charge is 2.26. The summed E-state index contributed by atoms with van der Waals surface area (Å²) < 4.78 is 33.9. The first-order chi connectivity index (χ1) is 9.60. The summed E-state index contributed by atoms with van der Waals surface area (Å²) in [5, 5.41) is 4.95. The molecule has 108 valence electrons. The molecule has 2 nitrogen and oxygen atoms in total. The van der Waals surface area contributed by atoms with E-state index in [9.17, 15) is 8.78 Å². The number of hydrogen-bond donors (Lipinski definition) is 1. The summed E-state index contributed by atoms with van der Waals surface area (Å²) in [6, 6.07) is 3.83. The number of benzene rings is 1. The third-order valence-electron chi connectivity index (χ3n) is 2.92. The van der Waals surface area contributed by atoms with Crippen LogP contribution in [-0.2, 0) is 0 Å². The van der Waals surface area contributed by atoms with Gasteiger partial charge in [0.15, 0.2) is 0 Å². The largest absolute Gasteiger partial charge is 0.496 e. The van der Waals surface area contributed by atoms with Crippen molar-refractivity contribution in [2.45, 2.75) is 13.0 Å². The zero-order valence-corrected chi connectivity index (χ0v) is 13.4. The van der Waals surface area contributed by atoms with Gasteiger partial charge in [0.25, 0.3) is 0 Å². The van der Waals surface area contributed by atoms with Gasteiger partial charge in [0.1, 0.15) is 17.4 Å². The van der Waals surface area contributed by atoms with E-state index < -0.39 is 17.7 Å². The van der Waals surface area contributed by atoms with Crippen molar-refractivity contribution in [3.8, 4) is 5.75 Å². The number of nitrogens with one attached hydrogen (secondary N) is 1. The molecule has 2 aromatic rings. The molecule has 1 N–H and O–H groups in total. The van der Waals surface area contributed by atoms with E-state index >= 15 is 0 Å². The Labute approximate surface area is 128 Å². The van der Waals surface area contributed by atoms with Gasteiger partial charge in [-0.15, -0.1) is 11.3 Å². The monoisotopic (exact) mass is 361 g/mol. The van der Waals surface area contributed by atoms with E-state index in [1.54, 1.807) is 13.2 Å². The smallest absolute Gasteiger partial charge is 0.145 e. The Kier molecular flexibility index (Phi) is 5.12. The van der Waals surface area contributed by atoms with Crippen molar-refractivity contribution in [3.63, 3.8) is 0 Å². The Bertz CT molecular complexity index is 603. The maximum Gasteiger partial charge on any atom is 0.145 e. The number of ether oxygens (including phenoxy) is 1. The van der Waals surface area contributed by atoms with Crippen LogP contribution in [0, 0.1) is 11.6 Å². The molecule has 0 saturated carbocycles. The predicted octanol–water partition coefficient (Wildman–Crippen LogP) is 4.50. The Morgan fingerprint density at radius 2 is 2.10 bits per heavy atom. The van der Waals surface area contributed by atoms with Gasteiger partial charge in [0.2, 0.25) is 0 Å². The van der Waals surface area contributed by atoms with Gasteiger partial charge in [-0.3, -0.25) is 0 Å². The topological polar surface area (TPSA) is 21.3 Å². The van der Waals surface area contributed by atoms with Crippen LogP contribution < -0.4 is 10.1 Å². The number of thiophene rings is 1. The molecule has 0 aliphatic carbocycles. The Balaban J connectivity index is 2.57. The van der Waals surface area contributed by atoms with Crippen molar-refractivity contribution in [2.24, 2.45) is 0 Å². The van der Waals surface area contributed by atoms with Crippen LogP contribution in [0.5, 0.6) is 5.75 Å². The van der Waals surface area contributed by atoms with E-state index in [0.717, 1.165) is 4.88 Å². The van der Waals surface area contributed by atoms with Crippen molar-refractivity contribution < 1.29 is 13.5 Å². The first-order valence-corrected chi connectivity index (χ1v) is 7.75. The Morgan fingerprint density at radius 3 is 2.75 bits per heavy atom. The fourth-order valence-corrected chi connectivity index (χ4v) is 3.31. The molecule has 1 unspecified atom stereocenters. The molecule has 0 fully saturated rings. The molecule has 0 amide bonds. The Morgan fingerprint density at radius 1 is 1.35 bits per heavy atom. The number of halogens is 3. The van der Waals surface area contributed by atoms with E-state index in [-0.39, 0.29) is 10.0 Å². The molecule has 0 spiro atoms. The van der Waals surface area contributed by atoms with Crippen molar-refractivity contribution in [1.82, 2.24) is 5.32 Å². The van der Waals surface area contributed by atoms with Crippen LogP contribution in [0.25, 0.3) is 0 Å². The summed E-state index contributed by atoms with van der Waals surface area (Å²) in [4.78, 5) is 0.755. The lowest BCUT2D eigenvalue weighted by molar-refractivity contribution is 0.405. The molecule has 0 saturated heterocycles. The quantitative estimate of drug-likeness (QED) is 0.791. The van der Waals surface area contributed by atoms with Crippen molar-refractivity contribution in [1.29, 1.82) is 0 Å². The zero-order valence-electron chi connectivity index (χ0n) is 11.0. The summed E-state index contributed by atoms with van der Waals surface area (Å²) in [7, 11) is 1.54. The standard InChI is InChI=1S/C14H14BrF2NOS/c1-3-18-13(14-10(19-2)6-7-20-14)11-9(16)5-4-8(15)12(11)17/h4-7,13,18H,3H2,1-2H3. The minimum absolute atomic E-state index is 0.00183. The van der Waals surface area contributed by atoms with Crippen LogP contribution in [0.15, 0.2) is 28.1 Å². The molecule has 1 atom stereocenters. The minimum atomic E-state index is -0.591. The molecular formula is C14H14BrF2NOS. The maximum atomic E-state index is 14.3. The second-order valence-corrected chi connectivity index (χ2v) is 5.90. The van der Waals surface area contributed by atoms with Gasteiger partial charge in [-0.25, -0.2) is 8.78 Å². The van der Waals surface area contributed by atoms with E-state index in [2.05, 4.69) is 21.2 Å². The SMILES string of the molecule is CCNC(c1sccc1OC)c1c(F)ccc(Br)c1F. The van der Waals surface area contributed by atoms with Gasteiger partial charge >= 0.3 is 0 Å². The molecule has 2 rings (SSSR count). The van der Waals surface area contributed by atoms with Crippen molar-refractivity contribution in [3.05, 3.63) is 50.1 Å². The van der Waals surface area contributed by atoms with Crippen LogP contribution in [0.1, 0.15) is 23.4 Å². The molecule has 20 heavy (non-hydrogen) atoms. The van der Waals surface area contributed by atoms with Gasteiger partial charge in [0, 0.05) is 5.56 Å². The highest BCUT2D eigenvalue weighted by Crippen LogP contribution is 2.38. The lowest BCUT2D eigenvalue weighted by atomic mass is 10.0. The summed E-state index contributed by atoms with van der Waals surface area (Å²) in [6.45, 7) is 2.47. The van der Waals surface area contributed by atoms with Crippen molar-refractivity contribution in [2.75, 3.05) is 13.7 Å². The van der Waals surface area contributed by atoms with Gasteiger partial charge in [0.05, 0.1) is 22.5 Å². The maximum absolute atomic E-state index is 14.3. The second kappa shape index (κ2) is 6.65. The van der Waals surface area contributed by atoms with E-state index in [4.69, 9.17) is 4.74 Å². The average Bonchev–Trinajstić information content (AvgIpc) is 2.90. The van der Waals surface area contributed by atoms with E-state index in [1.807, 2.05) is 12.3 Å². The highest BCUT2D eigenvalue weighted by molar-refractivity contribution is 9.10. The molecule has 1 heterocycles. The lowest BCUT2D eigenvalue weighted by Crippen LogP contribution is -2.24. The fraction of sp³-hybridized carbons (Fsp3) is 0.286. The summed E-state index contributed by atoms with van der Waals surface area (Å²) in [6.07, 6.45) is 0. The van der Waals surface area contributed by atoms with Crippen LogP contribution in [0.2, 0.25) is 0 Å². The normalized spacial score (nSPS) is 12.4. The first kappa shape index (κ1) is 15.4. The second-order valence-electron chi connectivity index (χ2n) is 4.10. The molecule has 1 aromatic heterocycles. The molecule has 0 radical (unpaired) electrons. The predicted molar refractivity (Wildman–Crippen MR) is 80.4 cm³/mol. The molecule has 0 aliphatic rings. The van der Waals surface area contributed by atoms with Gasteiger partial charge in [-0.2, -0.15) is 0 Å². The summed E-state index contributed by atoms with van der Waals surface area (Å²) in [5.74, 6) is -0.543. The zero-order chi connectivity index (χ0) is 14.7. The number of methoxy groups -OCH3 is 1. The van der Waals surface area contributed by atoms with Gasteiger partial charge in [-0.05, 0) is 46.1 Å². The minimum Gasteiger partial charge on any atom is -0.496 e. The van der Waals surface area contributed by atoms with E-state index in [0.29, 0.717) is 12.3 Å². The molecule has 0 bridgehead atoms. The first-order valence-electron chi connectivity index (χ1n) is 6.08. The van der Waals surface area contributed by atoms with Gasteiger partial charge in [-0.1, -0.05) is 6.92 Å². The van der Waals surface area contributed by atoms with E-state index in [1.165, 1.54) is 23.5 Å². The third kappa shape index (κ3) is 2.87. The van der Waals surface area contributed by atoms with Gasteiger partial charge < -0.3 is 10.1 Å². The third-order valence-corrected chi connectivity index (χ3v) is 4.49. The molecule has 0 aliphatic heterocycles. The highest BCUT2D eigenvalue weighted by atomic mass is 79.9. The van der Waals surface area contributed by atoms with Crippen LogP contribution in [0.4, 0.5) is 8.78 Å². The fourth-order valence-electron chi connectivity index (χ4n) is 2.03. The van der Waals surface area contributed by atoms with Crippen LogP contribution in [0.3, 0.4) is 0 Å². The van der Waals surface area contributed by atoms with Crippen LogP contribution in [-0.4, -0.2) is 13.7 Å². The number of hydrogen-bond acceptors (Lipinski definition) is 3. The van der Waals surface area contributed by atoms with Crippen LogP contribution >= 0.6 is 27.3 Å². The number of rotatable bonds is 5. The lowest BCUT2D eigenvalue weighted by Gasteiger charge is -2.20.